The van der Waals surface area contributed by atoms with E-state index in [-0.39, 0.29) is 25.4 Å². The minimum atomic E-state index is -1.06. The maximum atomic E-state index is 12.8. The zero-order chi connectivity index (χ0) is 27.0. The van der Waals surface area contributed by atoms with Gasteiger partial charge in [-0.1, -0.05) is 12.1 Å². The number of ether oxygens (including phenoxy) is 4. The largest absolute Gasteiger partial charge is 0.481 e. The number of hydrogen-bond acceptors (Lipinski definition) is 9. The van der Waals surface area contributed by atoms with Crippen LogP contribution in [0, 0.1) is 6.92 Å². The maximum absolute atomic E-state index is 12.8. The van der Waals surface area contributed by atoms with E-state index in [1.54, 1.807) is 19.9 Å². The number of benzene rings is 1. The molecule has 3 heterocycles. The first-order valence-electron chi connectivity index (χ1n) is 13.3. The normalized spacial score (nSPS) is 34.1. The van der Waals surface area contributed by atoms with Gasteiger partial charge in [0.2, 0.25) is 11.7 Å². The summed E-state index contributed by atoms with van der Waals surface area (Å²) in [6, 6.07) is 4.13. The summed E-state index contributed by atoms with van der Waals surface area (Å²) in [5, 5.41) is 14.8. The Hall–Kier alpha value is -2.95. The van der Waals surface area contributed by atoms with Crippen molar-refractivity contribution >= 4 is 17.8 Å². The van der Waals surface area contributed by atoms with Gasteiger partial charge in [0, 0.05) is 38.4 Å². The predicted molar refractivity (Wildman–Crippen MR) is 133 cm³/mol. The number of aliphatic hydroxyl groups is 1. The number of rotatable bonds is 6. The molecule has 5 aliphatic rings. The number of likely N-dealkylation sites (N-methyl/N-ethyl adjacent to an activating group) is 1. The number of aryl methyl sites for hydroxylation is 1. The van der Waals surface area contributed by atoms with Crippen molar-refractivity contribution in [2.24, 2.45) is 0 Å². The van der Waals surface area contributed by atoms with Gasteiger partial charge in [-0.15, -0.1) is 0 Å². The second kappa shape index (κ2) is 8.53. The summed E-state index contributed by atoms with van der Waals surface area (Å²) in [5.41, 5.74) is 1.54. The van der Waals surface area contributed by atoms with Crippen molar-refractivity contribution in [2.45, 2.75) is 87.9 Å². The molecule has 204 valence electrons. The van der Waals surface area contributed by atoms with Crippen LogP contribution >= 0.6 is 0 Å². The van der Waals surface area contributed by atoms with Crippen molar-refractivity contribution < 1.29 is 38.4 Å². The highest BCUT2D eigenvalue weighted by Gasteiger charge is 2.71. The number of carbonyl (C=O) groups excluding carboxylic acids is 3. The summed E-state index contributed by atoms with van der Waals surface area (Å²) >= 11 is 0. The number of amides is 1. The predicted octanol–water partition coefficient (Wildman–Crippen LogP) is 1.39. The zero-order valence-corrected chi connectivity index (χ0v) is 22.2. The molecule has 10 heteroatoms. The molecule has 2 aliphatic carbocycles. The molecule has 2 saturated heterocycles. The minimum absolute atomic E-state index is 0.0487. The van der Waals surface area contributed by atoms with Crippen molar-refractivity contribution in [1.29, 1.82) is 0 Å². The van der Waals surface area contributed by atoms with Gasteiger partial charge in [-0.3, -0.25) is 9.59 Å². The molecule has 1 aromatic carbocycles. The van der Waals surface area contributed by atoms with Crippen molar-refractivity contribution in [3.63, 3.8) is 0 Å². The first kappa shape index (κ1) is 25.3. The van der Waals surface area contributed by atoms with Crippen molar-refractivity contribution in [3.8, 4) is 5.75 Å². The standard InChI is InChI=1S/C28H34N2O8/c1-15-5-6-16-13-19-28(34)9-7-17(24-27(28,10-12-30(19)4)22(16)23(15)36-24)35-21(32)8-11-29-20(31)14-18-25(33)38-26(2,3)37-18/h5-7,18-19,24,34H,8-14H2,1-4H3,(H,29,31)/t18-,19+,24-,27-,28+/m0/s1. The topological polar surface area (TPSA) is 124 Å². The van der Waals surface area contributed by atoms with E-state index in [2.05, 4.69) is 29.4 Å². The molecule has 2 bridgehead atoms. The molecule has 1 amide bonds. The zero-order valence-electron chi connectivity index (χ0n) is 22.2. The molecule has 1 aromatic rings. The number of hydrogen-bond donors (Lipinski definition) is 2. The number of likely N-dealkylation sites (tertiary alicyclic amines) is 1. The Morgan fingerprint density at radius 2 is 2.08 bits per heavy atom. The second-order valence-electron chi connectivity index (χ2n) is 11.6. The Morgan fingerprint density at radius 3 is 2.82 bits per heavy atom. The van der Waals surface area contributed by atoms with Crippen LogP contribution in [0.1, 0.15) is 56.2 Å². The Labute approximate surface area is 221 Å². The van der Waals surface area contributed by atoms with E-state index in [0.717, 1.165) is 29.8 Å². The lowest BCUT2D eigenvalue weighted by atomic mass is 9.50. The van der Waals surface area contributed by atoms with Gasteiger partial charge in [-0.05, 0) is 50.6 Å². The SMILES string of the molecule is Cc1ccc2c3c1O[C@H]1C(OC(=O)CCNC(=O)C[C@@H]4OC(C)(C)OC4=O)=CC[C@@]4(O)[C@@H](C2)N(C)CC[C@]314. The average molecular weight is 527 g/mol. The Morgan fingerprint density at radius 1 is 1.29 bits per heavy atom. The van der Waals surface area contributed by atoms with Gasteiger partial charge in [0.15, 0.2) is 12.2 Å². The summed E-state index contributed by atoms with van der Waals surface area (Å²) in [6.07, 6.45) is 1.79. The highest BCUT2D eigenvalue weighted by atomic mass is 16.8. The fourth-order valence-corrected chi connectivity index (χ4v) is 7.16. The molecule has 0 saturated carbocycles. The third-order valence-electron chi connectivity index (χ3n) is 8.86. The summed E-state index contributed by atoms with van der Waals surface area (Å²) in [5.74, 6) is -1.35. The lowest BCUT2D eigenvalue weighted by molar-refractivity contribution is -0.169. The van der Waals surface area contributed by atoms with Crippen LogP contribution in [0.4, 0.5) is 0 Å². The molecule has 1 spiro atoms. The fourth-order valence-electron chi connectivity index (χ4n) is 7.16. The molecular weight excluding hydrogens is 492 g/mol. The molecule has 0 aromatic heterocycles. The molecule has 0 radical (unpaired) electrons. The molecule has 38 heavy (non-hydrogen) atoms. The van der Waals surface area contributed by atoms with Crippen LogP contribution < -0.4 is 10.1 Å². The molecule has 5 atom stereocenters. The first-order chi connectivity index (χ1) is 17.9. The van der Waals surface area contributed by atoms with Crippen LogP contribution in [0.25, 0.3) is 0 Å². The Bertz CT molecular complexity index is 1260. The average Bonchev–Trinajstić information content (AvgIpc) is 3.32. The monoisotopic (exact) mass is 526 g/mol. The maximum Gasteiger partial charge on any atom is 0.338 e. The number of nitrogens with zero attached hydrogens (tertiary/aromatic N) is 1. The fraction of sp³-hybridized carbons (Fsp3) is 0.607. The molecule has 2 fully saturated rings. The number of nitrogens with one attached hydrogen (secondary N) is 1. The quantitative estimate of drug-likeness (QED) is 0.529. The summed E-state index contributed by atoms with van der Waals surface area (Å²) in [4.78, 5) is 39.2. The number of piperidine rings is 1. The highest BCUT2D eigenvalue weighted by molar-refractivity contribution is 5.85. The van der Waals surface area contributed by atoms with Gasteiger partial charge >= 0.3 is 11.9 Å². The lowest BCUT2D eigenvalue weighted by Gasteiger charge is -2.61. The van der Waals surface area contributed by atoms with E-state index in [4.69, 9.17) is 18.9 Å². The van der Waals surface area contributed by atoms with Crippen LogP contribution in [0.15, 0.2) is 24.0 Å². The number of cyclic esters (lactones) is 1. The smallest absolute Gasteiger partial charge is 0.338 e. The van der Waals surface area contributed by atoms with E-state index in [0.29, 0.717) is 18.6 Å². The van der Waals surface area contributed by atoms with Crippen molar-refractivity contribution in [1.82, 2.24) is 10.2 Å². The molecule has 10 nitrogen and oxygen atoms in total. The Balaban J connectivity index is 1.14. The van der Waals surface area contributed by atoms with Crippen LogP contribution in [-0.2, 0) is 40.4 Å². The van der Waals surface area contributed by atoms with Crippen molar-refractivity contribution in [2.75, 3.05) is 20.1 Å². The lowest BCUT2D eigenvalue weighted by Crippen LogP contribution is -2.74. The Kier molecular flexibility index (Phi) is 5.68. The van der Waals surface area contributed by atoms with Gasteiger partial charge in [0.1, 0.15) is 11.5 Å². The van der Waals surface area contributed by atoms with Crippen LogP contribution in [0.2, 0.25) is 0 Å². The number of esters is 2. The van der Waals surface area contributed by atoms with Crippen LogP contribution in [0.5, 0.6) is 5.75 Å². The van der Waals surface area contributed by atoms with Crippen LogP contribution in [-0.4, -0.2) is 77.6 Å². The minimum Gasteiger partial charge on any atom is -0.481 e. The van der Waals surface area contributed by atoms with E-state index >= 15 is 0 Å². The van der Waals surface area contributed by atoms with Gasteiger partial charge in [0.05, 0.1) is 23.9 Å². The van der Waals surface area contributed by atoms with E-state index in [1.807, 2.05) is 6.92 Å². The summed E-state index contributed by atoms with van der Waals surface area (Å²) in [6.45, 7) is 6.06. The summed E-state index contributed by atoms with van der Waals surface area (Å²) in [7, 11) is 2.05. The third-order valence-corrected chi connectivity index (χ3v) is 8.86. The van der Waals surface area contributed by atoms with E-state index in [9.17, 15) is 19.5 Å². The third kappa shape index (κ3) is 3.60. The summed E-state index contributed by atoms with van der Waals surface area (Å²) < 4.78 is 22.8. The van der Waals surface area contributed by atoms with Crippen molar-refractivity contribution in [3.05, 3.63) is 40.7 Å². The second-order valence-corrected chi connectivity index (χ2v) is 11.6. The van der Waals surface area contributed by atoms with E-state index < -0.39 is 46.9 Å². The van der Waals surface area contributed by atoms with Gasteiger partial charge in [-0.25, -0.2) is 4.79 Å². The van der Waals surface area contributed by atoms with Crippen LogP contribution in [0.3, 0.4) is 0 Å². The molecular formula is C28H34N2O8. The van der Waals surface area contributed by atoms with Gasteiger partial charge in [0.25, 0.3) is 0 Å². The molecule has 0 unspecified atom stereocenters. The highest BCUT2D eigenvalue weighted by Crippen LogP contribution is 2.64. The van der Waals surface area contributed by atoms with E-state index in [1.165, 1.54) is 5.56 Å². The molecule has 2 N–H and O–H groups in total. The van der Waals surface area contributed by atoms with Gasteiger partial charge in [-0.2, -0.15) is 0 Å². The first-order valence-corrected chi connectivity index (χ1v) is 13.3. The molecule has 3 aliphatic heterocycles. The number of carbonyl (C=O) groups is 3. The van der Waals surface area contributed by atoms with Gasteiger partial charge < -0.3 is 34.3 Å². The molecule has 6 rings (SSSR count).